The van der Waals surface area contributed by atoms with Gasteiger partial charge in [-0.2, -0.15) is 0 Å². The SMILES string of the molecule is Cc1cc(C(=O)COC(=O)c2ccc(N3CCCS3(=O)=O)cc2)c(C)c(C)c1C. The summed E-state index contributed by atoms with van der Waals surface area (Å²) in [5.74, 6) is -0.731. The van der Waals surface area contributed by atoms with Gasteiger partial charge < -0.3 is 4.74 Å². The molecule has 0 spiro atoms. The molecule has 3 rings (SSSR count). The van der Waals surface area contributed by atoms with Crippen molar-refractivity contribution in [2.24, 2.45) is 0 Å². The van der Waals surface area contributed by atoms with Crippen LogP contribution < -0.4 is 4.31 Å². The molecular weight excluding hydrogens is 390 g/mol. The molecule has 1 aliphatic rings. The van der Waals surface area contributed by atoms with Gasteiger partial charge in [0.1, 0.15) is 0 Å². The molecule has 0 unspecified atom stereocenters. The predicted octanol–water partition coefficient (Wildman–Crippen LogP) is 3.50. The van der Waals surface area contributed by atoms with E-state index in [1.54, 1.807) is 12.1 Å². The van der Waals surface area contributed by atoms with E-state index in [2.05, 4.69) is 0 Å². The zero-order valence-electron chi connectivity index (χ0n) is 17.1. The second kappa shape index (κ2) is 7.99. The van der Waals surface area contributed by atoms with Crippen LogP contribution in [0.1, 0.15) is 49.4 Å². The number of rotatable bonds is 5. The van der Waals surface area contributed by atoms with E-state index in [-0.39, 0.29) is 23.7 Å². The zero-order chi connectivity index (χ0) is 21.3. The third kappa shape index (κ3) is 4.19. The van der Waals surface area contributed by atoms with Gasteiger partial charge in [0.05, 0.1) is 17.0 Å². The molecule has 1 fully saturated rings. The number of anilines is 1. The summed E-state index contributed by atoms with van der Waals surface area (Å²) in [6, 6.07) is 8.03. The Morgan fingerprint density at radius 2 is 1.66 bits per heavy atom. The van der Waals surface area contributed by atoms with Crippen LogP contribution in [0.3, 0.4) is 0 Å². The number of sulfonamides is 1. The molecule has 0 amide bonds. The van der Waals surface area contributed by atoms with E-state index < -0.39 is 16.0 Å². The van der Waals surface area contributed by atoms with Gasteiger partial charge in [-0.05, 0) is 86.7 Å². The fourth-order valence-corrected chi connectivity index (χ4v) is 5.05. The molecule has 1 saturated heterocycles. The second-order valence-corrected chi connectivity index (χ2v) is 9.42. The molecule has 154 valence electrons. The minimum absolute atomic E-state index is 0.135. The number of nitrogens with zero attached hydrogens (tertiary/aromatic N) is 1. The van der Waals surface area contributed by atoms with Crippen molar-refractivity contribution >= 4 is 27.5 Å². The van der Waals surface area contributed by atoms with Gasteiger partial charge >= 0.3 is 5.97 Å². The van der Waals surface area contributed by atoms with E-state index in [4.69, 9.17) is 4.74 Å². The molecule has 1 aliphatic heterocycles. The molecule has 6 nitrogen and oxygen atoms in total. The number of carbonyl (C=O) groups is 2. The monoisotopic (exact) mass is 415 g/mol. The van der Waals surface area contributed by atoms with Gasteiger partial charge in [-0.25, -0.2) is 13.2 Å². The second-order valence-electron chi connectivity index (χ2n) is 7.40. The summed E-state index contributed by atoms with van der Waals surface area (Å²) in [5.41, 5.74) is 5.49. The van der Waals surface area contributed by atoms with Crippen molar-refractivity contribution in [2.45, 2.75) is 34.1 Å². The molecule has 2 aromatic carbocycles. The lowest BCUT2D eigenvalue weighted by Gasteiger charge is -2.17. The van der Waals surface area contributed by atoms with Crippen molar-refractivity contribution < 1.29 is 22.7 Å². The molecule has 0 bridgehead atoms. The first-order chi connectivity index (χ1) is 13.6. The van der Waals surface area contributed by atoms with Gasteiger partial charge in [-0.3, -0.25) is 9.10 Å². The van der Waals surface area contributed by atoms with E-state index in [0.29, 0.717) is 24.2 Å². The van der Waals surface area contributed by atoms with Crippen LogP contribution in [0.4, 0.5) is 5.69 Å². The minimum atomic E-state index is -3.27. The zero-order valence-corrected chi connectivity index (χ0v) is 17.9. The fourth-order valence-electron chi connectivity index (χ4n) is 3.49. The molecular formula is C22H25NO5S. The standard InChI is InChI=1S/C22H25NO5S/c1-14-12-20(17(4)16(3)15(14)2)21(24)13-28-22(25)18-6-8-19(9-7-18)23-10-5-11-29(23,26)27/h6-9,12H,5,10-11,13H2,1-4H3. The lowest BCUT2D eigenvalue weighted by molar-refractivity contribution is 0.0474. The normalized spacial score (nSPS) is 15.4. The minimum Gasteiger partial charge on any atom is -0.454 e. The van der Waals surface area contributed by atoms with E-state index >= 15 is 0 Å². The first kappa shape index (κ1) is 21.0. The van der Waals surface area contributed by atoms with Gasteiger partial charge in [0.2, 0.25) is 15.8 Å². The van der Waals surface area contributed by atoms with Crippen molar-refractivity contribution in [1.82, 2.24) is 0 Å². The molecule has 2 aromatic rings. The average molecular weight is 416 g/mol. The quantitative estimate of drug-likeness (QED) is 0.551. The van der Waals surface area contributed by atoms with Crippen molar-refractivity contribution in [3.05, 3.63) is 63.7 Å². The smallest absolute Gasteiger partial charge is 0.338 e. The Balaban J connectivity index is 1.68. The summed E-state index contributed by atoms with van der Waals surface area (Å²) >= 11 is 0. The summed E-state index contributed by atoms with van der Waals surface area (Å²) < 4.78 is 30.5. The summed E-state index contributed by atoms with van der Waals surface area (Å²) in [5, 5.41) is 0. The number of hydrogen-bond donors (Lipinski definition) is 0. The number of hydrogen-bond acceptors (Lipinski definition) is 5. The molecule has 0 aromatic heterocycles. The van der Waals surface area contributed by atoms with Crippen molar-refractivity contribution in [1.29, 1.82) is 0 Å². The summed E-state index contributed by atoms with van der Waals surface area (Å²) in [6.45, 7) is 7.93. The number of benzene rings is 2. The summed E-state index contributed by atoms with van der Waals surface area (Å²) in [6.07, 6.45) is 0.589. The Labute approximate surface area is 171 Å². The Hall–Kier alpha value is -2.67. The van der Waals surface area contributed by atoms with Crippen LogP contribution in [0, 0.1) is 27.7 Å². The van der Waals surface area contributed by atoms with Crippen LogP contribution in [0.25, 0.3) is 0 Å². The van der Waals surface area contributed by atoms with E-state index in [1.165, 1.54) is 16.4 Å². The number of Topliss-reactive ketones (excluding diaryl/α,β-unsaturated/α-hetero) is 1. The number of aryl methyl sites for hydroxylation is 1. The van der Waals surface area contributed by atoms with Gasteiger partial charge in [-0.1, -0.05) is 0 Å². The molecule has 0 aliphatic carbocycles. The van der Waals surface area contributed by atoms with Crippen molar-refractivity contribution in [2.75, 3.05) is 23.2 Å². The van der Waals surface area contributed by atoms with Crippen LogP contribution in [0.2, 0.25) is 0 Å². The van der Waals surface area contributed by atoms with E-state index in [9.17, 15) is 18.0 Å². The van der Waals surface area contributed by atoms with Crippen molar-refractivity contribution in [3.8, 4) is 0 Å². The Morgan fingerprint density at radius 1 is 1.00 bits per heavy atom. The van der Waals surface area contributed by atoms with Crippen LogP contribution in [-0.2, 0) is 14.8 Å². The highest BCUT2D eigenvalue weighted by Gasteiger charge is 2.28. The number of ether oxygens (including phenoxy) is 1. The Bertz CT molecular complexity index is 1070. The van der Waals surface area contributed by atoms with Crippen LogP contribution in [0.5, 0.6) is 0 Å². The van der Waals surface area contributed by atoms with Crippen LogP contribution in [0.15, 0.2) is 30.3 Å². The molecule has 0 atom stereocenters. The third-order valence-corrected chi connectivity index (χ3v) is 7.48. The topological polar surface area (TPSA) is 80.8 Å². The van der Waals surface area contributed by atoms with Gasteiger partial charge in [0, 0.05) is 12.1 Å². The number of esters is 1. The molecule has 29 heavy (non-hydrogen) atoms. The Kier molecular flexibility index (Phi) is 5.80. The third-order valence-electron chi connectivity index (χ3n) is 5.61. The molecule has 0 saturated carbocycles. The highest BCUT2D eigenvalue weighted by molar-refractivity contribution is 7.93. The van der Waals surface area contributed by atoms with E-state index in [1.807, 2.05) is 33.8 Å². The largest absolute Gasteiger partial charge is 0.454 e. The Morgan fingerprint density at radius 3 is 2.24 bits per heavy atom. The lowest BCUT2D eigenvalue weighted by atomic mass is 9.93. The van der Waals surface area contributed by atoms with Gasteiger partial charge in [0.25, 0.3) is 0 Å². The summed E-state index contributed by atoms with van der Waals surface area (Å²) in [7, 11) is -3.27. The number of ketones is 1. The lowest BCUT2D eigenvalue weighted by Crippen LogP contribution is -2.25. The predicted molar refractivity (Wildman–Crippen MR) is 112 cm³/mol. The molecule has 7 heteroatoms. The van der Waals surface area contributed by atoms with Crippen LogP contribution in [-0.4, -0.2) is 39.1 Å². The maximum atomic E-state index is 12.6. The molecule has 1 heterocycles. The van der Waals surface area contributed by atoms with Crippen molar-refractivity contribution in [3.63, 3.8) is 0 Å². The average Bonchev–Trinajstić information content (AvgIpc) is 3.06. The van der Waals surface area contributed by atoms with E-state index in [0.717, 1.165) is 22.3 Å². The molecule has 0 radical (unpaired) electrons. The fraction of sp³-hybridized carbons (Fsp3) is 0.364. The maximum Gasteiger partial charge on any atom is 0.338 e. The molecule has 0 N–H and O–H groups in total. The highest BCUT2D eigenvalue weighted by Crippen LogP contribution is 2.25. The van der Waals surface area contributed by atoms with Gasteiger partial charge in [0.15, 0.2) is 6.61 Å². The maximum absolute atomic E-state index is 12.6. The summed E-state index contributed by atoms with van der Waals surface area (Å²) in [4.78, 5) is 24.9. The first-order valence-electron chi connectivity index (χ1n) is 9.50. The van der Waals surface area contributed by atoms with Crippen LogP contribution >= 0.6 is 0 Å². The first-order valence-corrected chi connectivity index (χ1v) is 11.1. The highest BCUT2D eigenvalue weighted by atomic mass is 32.2. The number of carbonyl (C=O) groups excluding carboxylic acids is 2. The van der Waals surface area contributed by atoms with Gasteiger partial charge in [-0.15, -0.1) is 0 Å².